The number of halogens is 3. The number of urea groups is 1. The lowest BCUT2D eigenvalue weighted by atomic mass is 9.82. The topological polar surface area (TPSA) is 70.6 Å². The van der Waals surface area contributed by atoms with Gasteiger partial charge in [0.15, 0.2) is 0 Å². The average molecular weight is 304 g/mol. The van der Waals surface area contributed by atoms with Crippen LogP contribution in [-0.2, 0) is 0 Å². The van der Waals surface area contributed by atoms with E-state index in [-0.39, 0.29) is 17.8 Å². The Labute approximate surface area is 119 Å². The Kier molecular flexibility index (Phi) is 4.56. The molecule has 0 radical (unpaired) electrons. The Morgan fingerprint density at radius 3 is 2.43 bits per heavy atom. The number of amides is 2. The zero-order chi connectivity index (χ0) is 15.5. The summed E-state index contributed by atoms with van der Waals surface area (Å²) in [5.74, 6) is -0.0785. The molecule has 0 spiro atoms. The summed E-state index contributed by atoms with van der Waals surface area (Å²) in [6, 6.07) is 4.42. The van der Waals surface area contributed by atoms with Crippen LogP contribution in [0.25, 0.3) is 0 Å². The quantitative estimate of drug-likeness (QED) is 0.800. The van der Waals surface area contributed by atoms with Crippen LogP contribution in [0.2, 0.25) is 0 Å². The fourth-order valence-corrected chi connectivity index (χ4v) is 2.02. The highest BCUT2D eigenvalue weighted by molar-refractivity contribution is 5.89. The molecule has 0 aliphatic heterocycles. The number of aliphatic hydroxyl groups is 1. The highest BCUT2D eigenvalue weighted by Crippen LogP contribution is 2.26. The summed E-state index contributed by atoms with van der Waals surface area (Å²) in [5, 5.41) is 14.2. The van der Waals surface area contributed by atoms with E-state index in [1.54, 1.807) is 0 Å². The monoisotopic (exact) mass is 304 g/mol. The normalized spacial score (nSPS) is 21.3. The largest absolute Gasteiger partial charge is 0.573 e. The third-order valence-corrected chi connectivity index (χ3v) is 3.11. The van der Waals surface area contributed by atoms with Crippen LogP contribution in [0.15, 0.2) is 24.3 Å². The van der Waals surface area contributed by atoms with Crippen LogP contribution in [0.3, 0.4) is 0 Å². The van der Waals surface area contributed by atoms with Crippen molar-refractivity contribution in [3.63, 3.8) is 0 Å². The summed E-state index contributed by atoms with van der Waals surface area (Å²) in [5.41, 5.74) is 0.357. The van der Waals surface area contributed by atoms with Crippen molar-refractivity contribution in [2.24, 2.45) is 5.92 Å². The number of anilines is 1. The maximum Gasteiger partial charge on any atom is 0.573 e. The molecular weight excluding hydrogens is 289 g/mol. The van der Waals surface area contributed by atoms with Gasteiger partial charge in [-0.15, -0.1) is 13.2 Å². The summed E-state index contributed by atoms with van der Waals surface area (Å²) >= 11 is 0. The van der Waals surface area contributed by atoms with E-state index in [4.69, 9.17) is 5.11 Å². The number of hydrogen-bond acceptors (Lipinski definition) is 3. The summed E-state index contributed by atoms with van der Waals surface area (Å²) in [7, 11) is 0. The molecule has 0 heterocycles. The van der Waals surface area contributed by atoms with E-state index in [9.17, 15) is 18.0 Å². The molecule has 3 N–H and O–H groups in total. The zero-order valence-corrected chi connectivity index (χ0v) is 11.0. The predicted octanol–water partition coefficient (Wildman–Crippen LogP) is 2.48. The first-order valence-corrected chi connectivity index (χ1v) is 6.40. The molecule has 116 valence electrons. The van der Waals surface area contributed by atoms with Crippen LogP contribution in [-0.4, -0.2) is 30.1 Å². The first-order valence-electron chi connectivity index (χ1n) is 6.40. The third-order valence-electron chi connectivity index (χ3n) is 3.11. The van der Waals surface area contributed by atoms with E-state index >= 15 is 0 Å². The van der Waals surface area contributed by atoms with Gasteiger partial charge in [-0.2, -0.15) is 0 Å². The molecule has 1 aromatic rings. The lowest BCUT2D eigenvalue weighted by molar-refractivity contribution is -0.274. The van der Waals surface area contributed by atoms with Gasteiger partial charge in [0.2, 0.25) is 0 Å². The van der Waals surface area contributed by atoms with Crippen molar-refractivity contribution in [2.45, 2.75) is 25.3 Å². The number of aliphatic hydroxyl groups excluding tert-OH is 1. The van der Waals surface area contributed by atoms with E-state index < -0.39 is 12.4 Å². The fourth-order valence-electron chi connectivity index (χ4n) is 2.02. The number of alkyl halides is 3. The second-order valence-corrected chi connectivity index (χ2v) is 4.90. The highest BCUT2D eigenvalue weighted by atomic mass is 19.4. The fraction of sp³-hybridized carbons (Fsp3) is 0.462. The molecule has 0 atom stereocenters. The Hall–Kier alpha value is -1.96. The maximum absolute atomic E-state index is 12.0. The zero-order valence-electron chi connectivity index (χ0n) is 11.0. The van der Waals surface area contributed by atoms with Crippen LogP contribution in [0.1, 0.15) is 12.8 Å². The first-order chi connectivity index (χ1) is 9.82. The summed E-state index contributed by atoms with van der Waals surface area (Å²) < 4.78 is 39.6. The summed E-state index contributed by atoms with van der Waals surface area (Å²) in [6.07, 6.45) is -3.67. The number of rotatable bonds is 4. The summed E-state index contributed by atoms with van der Waals surface area (Å²) in [4.78, 5) is 11.6. The van der Waals surface area contributed by atoms with Gasteiger partial charge >= 0.3 is 12.4 Å². The SMILES string of the molecule is O=C(NCC1CC(O)C1)Nc1ccc(OC(F)(F)F)cc1. The van der Waals surface area contributed by atoms with Crippen LogP contribution in [0.4, 0.5) is 23.7 Å². The molecule has 1 aromatic carbocycles. The number of benzene rings is 1. The third kappa shape index (κ3) is 5.14. The Balaban J connectivity index is 1.76. The van der Waals surface area contributed by atoms with Gasteiger partial charge in [-0.3, -0.25) is 0 Å². The molecule has 1 aliphatic carbocycles. The van der Waals surface area contributed by atoms with Crippen molar-refractivity contribution in [1.29, 1.82) is 0 Å². The van der Waals surface area contributed by atoms with Gasteiger partial charge in [-0.25, -0.2) is 4.79 Å². The molecule has 2 rings (SSSR count). The van der Waals surface area contributed by atoms with Crippen LogP contribution in [0.5, 0.6) is 5.75 Å². The molecule has 0 aromatic heterocycles. The smallest absolute Gasteiger partial charge is 0.406 e. The molecule has 1 fully saturated rings. The van der Waals surface area contributed by atoms with Crippen molar-refractivity contribution in [3.8, 4) is 5.75 Å². The van der Waals surface area contributed by atoms with Crippen molar-refractivity contribution < 1.29 is 27.8 Å². The molecule has 1 saturated carbocycles. The lowest BCUT2D eigenvalue weighted by Crippen LogP contribution is -2.39. The van der Waals surface area contributed by atoms with Gasteiger partial charge < -0.3 is 20.5 Å². The minimum absolute atomic E-state index is 0.272. The van der Waals surface area contributed by atoms with Crippen LogP contribution >= 0.6 is 0 Å². The van der Waals surface area contributed by atoms with Crippen molar-refractivity contribution in [1.82, 2.24) is 5.32 Å². The van der Waals surface area contributed by atoms with Gasteiger partial charge in [0, 0.05) is 12.2 Å². The number of nitrogens with one attached hydrogen (secondary N) is 2. The number of carbonyl (C=O) groups is 1. The standard InChI is InChI=1S/C13H15F3N2O3/c14-13(15,16)21-11-3-1-9(2-4-11)18-12(20)17-7-8-5-10(19)6-8/h1-4,8,10,19H,5-7H2,(H2,17,18,20). The van der Waals surface area contributed by atoms with Gasteiger partial charge in [0.1, 0.15) is 5.75 Å². The molecule has 2 amide bonds. The minimum atomic E-state index is -4.74. The molecular formula is C13H15F3N2O3. The molecule has 0 unspecified atom stereocenters. The van der Waals surface area contributed by atoms with Gasteiger partial charge in [0.05, 0.1) is 6.10 Å². The van der Waals surface area contributed by atoms with Crippen molar-refractivity contribution in [2.75, 3.05) is 11.9 Å². The second-order valence-electron chi connectivity index (χ2n) is 4.90. The molecule has 0 saturated heterocycles. The van der Waals surface area contributed by atoms with Crippen molar-refractivity contribution >= 4 is 11.7 Å². The van der Waals surface area contributed by atoms with E-state index in [1.165, 1.54) is 12.1 Å². The van der Waals surface area contributed by atoms with E-state index in [2.05, 4.69) is 15.4 Å². The van der Waals surface area contributed by atoms with E-state index in [1.807, 2.05) is 0 Å². The maximum atomic E-state index is 12.0. The van der Waals surface area contributed by atoms with E-state index in [0.29, 0.717) is 25.1 Å². The second kappa shape index (κ2) is 6.21. The molecule has 1 aliphatic rings. The van der Waals surface area contributed by atoms with Crippen LogP contribution in [0, 0.1) is 5.92 Å². The van der Waals surface area contributed by atoms with Gasteiger partial charge in [-0.05, 0) is 43.0 Å². The number of hydrogen-bond donors (Lipinski definition) is 3. The molecule has 21 heavy (non-hydrogen) atoms. The van der Waals surface area contributed by atoms with Crippen LogP contribution < -0.4 is 15.4 Å². The Morgan fingerprint density at radius 1 is 1.29 bits per heavy atom. The molecule has 8 heteroatoms. The predicted molar refractivity (Wildman–Crippen MR) is 68.9 cm³/mol. The number of carbonyl (C=O) groups excluding carboxylic acids is 1. The first kappa shape index (κ1) is 15.4. The van der Waals surface area contributed by atoms with Gasteiger partial charge in [-0.1, -0.05) is 0 Å². The average Bonchev–Trinajstić information content (AvgIpc) is 2.34. The Morgan fingerprint density at radius 2 is 1.90 bits per heavy atom. The van der Waals surface area contributed by atoms with Gasteiger partial charge in [0.25, 0.3) is 0 Å². The Bertz CT molecular complexity index is 484. The molecule has 5 nitrogen and oxygen atoms in total. The lowest BCUT2D eigenvalue weighted by Gasteiger charge is -2.31. The summed E-state index contributed by atoms with van der Waals surface area (Å²) in [6.45, 7) is 0.457. The highest BCUT2D eigenvalue weighted by Gasteiger charge is 2.31. The van der Waals surface area contributed by atoms with E-state index in [0.717, 1.165) is 12.1 Å². The number of ether oxygens (including phenoxy) is 1. The minimum Gasteiger partial charge on any atom is -0.406 e. The molecule has 0 bridgehead atoms. The van der Waals surface area contributed by atoms with Crippen molar-refractivity contribution in [3.05, 3.63) is 24.3 Å².